The lowest BCUT2D eigenvalue weighted by atomic mass is 10.1. The monoisotopic (exact) mass is 165 g/mol. The van der Waals surface area contributed by atoms with Gasteiger partial charge in [-0.2, -0.15) is 0 Å². The fraction of sp³-hybridized carbons (Fsp3) is 0.818. The first-order chi connectivity index (χ1) is 5.72. The Hall–Kier alpha value is -0.480. The minimum atomic E-state index is 0.237. The first-order valence-electron chi connectivity index (χ1n) is 4.92. The lowest BCUT2D eigenvalue weighted by Gasteiger charge is -2.12. The Morgan fingerprint density at radius 1 is 1.58 bits per heavy atom. The van der Waals surface area contributed by atoms with Crippen LogP contribution in [0.4, 0.5) is 0 Å². The molecule has 1 N–H and O–H groups in total. The fourth-order valence-electron chi connectivity index (χ4n) is 1.91. The molecule has 68 valence electrons. The molecule has 1 nitrogen and oxygen atoms in total. The van der Waals surface area contributed by atoms with Crippen molar-refractivity contribution in [3.8, 4) is 12.3 Å². The molecule has 12 heavy (non-hydrogen) atoms. The van der Waals surface area contributed by atoms with E-state index >= 15 is 0 Å². The third-order valence-corrected chi connectivity index (χ3v) is 2.77. The van der Waals surface area contributed by atoms with E-state index in [1.165, 1.54) is 19.3 Å². The maximum absolute atomic E-state index is 5.27. The molecule has 1 rings (SSSR count). The average molecular weight is 165 g/mol. The van der Waals surface area contributed by atoms with Crippen molar-refractivity contribution in [3.05, 3.63) is 0 Å². The summed E-state index contributed by atoms with van der Waals surface area (Å²) in [5.41, 5.74) is 0. The Kier molecular flexibility index (Phi) is 3.62. The first kappa shape index (κ1) is 9.61. The standard InChI is InChI=1S/C11H19N/c1-4-10(3)12-8-11-6-5-9(2)7-11/h1,9-12H,5-8H2,2-3H3. The molecule has 0 radical (unpaired) electrons. The van der Waals surface area contributed by atoms with E-state index in [9.17, 15) is 0 Å². The third kappa shape index (κ3) is 2.87. The smallest absolute Gasteiger partial charge is 0.0658 e. The first-order valence-corrected chi connectivity index (χ1v) is 4.92. The molecule has 3 unspecified atom stereocenters. The summed E-state index contributed by atoms with van der Waals surface area (Å²) in [7, 11) is 0. The number of hydrogen-bond donors (Lipinski definition) is 1. The molecular weight excluding hydrogens is 146 g/mol. The van der Waals surface area contributed by atoms with Crippen molar-refractivity contribution in [1.82, 2.24) is 5.32 Å². The van der Waals surface area contributed by atoms with Crippen molar-refractivity contribution in [1.29, 1.82) is 0 Å². The van der Waals surface area contributed by atoms with Gasteiger partial charge in [0.15, 0.2) is 0 Å². The summed E-state index contributed by atoms with van der Waals surface area (Å²) >= 11 is 0. The Bertz CT molecular complexity index is 168. The zero-order valence-electron chi connectivity index (χ0n) is 8.14. The Labute approximate surface area is 75.9 Å². The van der Waals surface area contributed by atoms with Crippen LogP contribution in [0, 0.1) is 24.2 Å². The van der Waals surface area contributed by atoms with Gasteiger partial charge < -0.3 is 5.32 Å². The maximum atomic E-state index is 5.27. The van der Waals surface area contributed by atoms with Crippen LogP contribution < -0.4 is 5.32 Å². The van der Waals surface area contributed by atoms with Gasteiger partial charge in [0, 0.05) is 0 Å². The van der Waals surface area contributed by atoms with Gasteiger partial charge in [0.2, 0.25) is 0 Å². The molecule has 0 aromatic carbocycles. The molecule has 0 saturated heterocycles. The number of hydrogen-bond acceptors (Lipinski definition) is 1. The molecule has 0 bridgehead atoms. The van der Waals surface area contributed by atoms with Gasteiger partial charge in [0.25, 0.3) is 0 Å². The zero-order valence-corrected chi connectivity index (χ0v) is 8.14. The van der Waals surface area contributed by atoms with E-state index in [1.807, 2.05) is 6.92 Å². The molecule has 1 fully saturated rings. The Balaban J connectivity index is 2.12. The number of nitrogens with one attached hydrogen (secondary N) is 1. The highest BCUT2D eigenvalue weighted by atomic mass is 14.9. The Morgan fingerprint density at radius 2 is 2.33 bits per heavy atom. The van der Waals surface area contributed by atoms with Gasteiger partial charge in [0.05, 0.1) is 6.04 Å². The van der Waals surface area contributed by atoms with Crippen LogP contribution in [0.15, 0.2) is 0 Å². The summed E-state index contributed by atoms with van der Waals surface area (Å²) < 4.78 is 0. The van der Waals surface area contributed by atoms with E-state index in [1.54, 1.807) is 0 Å². The SMILES string of the molecule is C#CC(C)NCC1CCC(C)C1. The van der Waals surface area contributed by atoms with Gasteiger partial charge in [-0.3, -0.25) is 0 Å². The van der Waals surface area contributed by atoms with Crippen molar-refractivity contribution in [2.24, 2.45) is 11.8 Å². The normalized spacial score (nSPS) is 31.4. The molecule has 0 aromatic rings. The number of terminal acetylenes is 1. The van der Waals surface area contributed by atoms with E-state index in [0.717, 1.165) is 18.4 Å². The highest BCUT2D eigenvalue weighted by Gasteiger charge is 2.20. The second-order valence-electron chi connectivity index (χ2n) is 4.08. The fourth-order valence-corrected chi connectivity index (χ4v) is 1.91. The second-order valence-corrected chi connectivity index (χ2v) is 4.08. The minimum Gasteiger partial charge on any atom is -0.304 e. The minimum absolute atomic E-state index is 0.237. The zero-order chi connectivity index (χ0) is 8.97. The topological polar surface area (TPSA) is 12.0 Å². The van der Waals surface area contributed by atoms with Crippen LogP contribution in [0.2, 0.25) is 0 Å². The molecule has 1 heteroatoms. The molecule has 0 spiro atoms. The van der Waals surface area contributed by atoms with E-state index in [0.29, 0.717) is 0 Å². The Morgan fingerprint density at radius 3 is 2.83 bits per heavy atom. The van der Waals surface area contributed by atoms with Crippen LogP contribution in [-0.4, -0.2) is 12.6 Å². The summed E-state index contributed by atoms with van der Waals surface area (Å²) in [6, 6.07) is 0.237. The summed E-state index contributed by atoms with van der Waals surface area (Å²) in [6.07, 6.45) is 9.43. The average Bonchev–Trinajstić information content (AvgIpc) is 2.47. The lowest BCUT2D eigenvalue weighted by molar-refractivity contribution is 0.461. The largest absolute Gasteiger partial charge is 0.304 e. The quantitative estimate of drug-likeness (QED) is 0.631. The summed E-state index contributed by atoms with van der Waals surface area (Å²) in [5.74, 6) is 4.49. The molecular formula is C11H19N. The highest BCUT2D eigenvalue weighted by Crippen LogP contribution is 2.29. The van der Waals surface area contributed by atoms with Crippen LogP contribution >= 0.6 is 0 Å². The molecule has 0 amide bonds. The van der Waals surface area contributed by atoms with E-state index < -0.39 is 0 Å². The summed E-state index contributed by atoms with van der Waals surface area (Å²) in [4.78, 5) is 0. The number of rotatable bonds is 3. The van der Waals surface area contributed by atoms with Crippen molar-refractivity contribution >= 4 is 0 Å². The van der Waals surface area contributed by atoms with Crippen LogP contribution in [-0.2, 0) is 0 Å². The maximum Gasteiger partial charge on any atom is 0.0658 e. The van der Waals surface area contributed by atoms with E-state index in [4.69, 9.17) is 6.42 Å². The van der Waals surface area contributed by atoms with Crippen LogP contribution in [0.5, 0.6) is 0 Å². The van der Waals surface area contributed by atoms with Gasteiger partial charge in [0.1, 0.15) is 0 Å². The van der Waals surface area contributed by atoms with E-state index in [-0.39, 0.29) is 6.04 Å². The van der Waals surface area contributed by atoms with Crippen LogP contribution in [0.25, 0.3) is 0 Å². The summed E-state index contributed by atoms with van der Waals surface area (Å²) in [6.45, 7) is 5.48. The van der Waals surface area contributed by atoms with Gasteiger partial charge in [-0.15, -0.1) is 6.42 Å². The highest BCUT2D eigenvalue weighted by molar-refractivity contribution is 4.96. The van der Waals surface area contributed by atoms with E-state index in [2.05, 4.69) is 18.2 Å². The van der Waals surface area contributed by atoms with Crippen molar-refractivity contribution in [3.63, 3.8) is 0 Å². The third-order valence-electron chi connectivity index (χ3n) is 2.77. The summed E-state index contributed by atoms with van der Waals surface area (Å²) in [5, 5.41) is 3.36. The van der Waals surface area contributed by atoms with Gasteiger partial charge in [-0.05, 0) is 38.1 Å². The van der Waals surface area contributed by atoms with Crippen LogP contribution in [0.1, 0.15) is 33.1 Å². The van der Waals surface area contributed by atoms with Gasteiger partial charge in [-0.1, -0.05) is 19.3 Å². The molecule has 3 atom stereocenters. The molecule has 1 aliphatic carbocycles. The van der Waals surface area contributed by atoms with Gasteiger partial charge in [-0.25, -0.2) is 0 Å². The van der Waals surface area contributed by atoms with Crippen LogP contribution in [0.3, 0.4) is 0 Å². The lowest BCUT2D eigenvalue weighted by Crippen LogP contribution is -2.29. The van der Waals surface area contributed by atoms with Crippen molar-refractivity contribution in [2.45, 2.75) is 39.2 Å². The predicted octanol–water partition coefficient (Wildman–Crippen LogP) is 2.03. The molecule has 0 aliphatic heterocycles. The molecule has 0 aromatic heterocycles. The molecule has 1 aliphatic rings. The molecule has 0 heterocycles. The predicted molar refractivity (Wildman–Crippen MR) is 52.8 cm³/mol. The van der Waals surface area contributed by atoms with Crippen molar-refractivity contribution in [2.75, 3.05) is 6.54 Å². The van der Waals surface area contributed by atoms with Gasteiger partial charge >= 0.3 is 0 Å². The van der Waals surface area contributed by atoms with Crippen molar-refractivity contribution < 1.29 is 0 Å². The molecule has 1 saturated carbocycles. The second kappa shape index (κ2) is 4.52.